The van der Waals surface area contributed by atoms with Gasteiger partial charge >= 0.3 is 0 Å². The van der Waals surface area contributed by atoms with Gasteiger partial charge in [-0.15, -0.1) is 11.3 Å². The van der Waals surface area contributed by atoms with E-state index in [4.69, 9.17) is 0 Å². The molecular formula is C18H24BrNS. The molecule has 0 radical (unpaired) electrons. The molecule has 0 amide bonds. The highest BCUT2D eigenvalue weighted by Crippen LogP contribution is 2.32. The molecular weight excluding hydrogens is 342 g/mol. The highest BCUT2D eigenvalue weighted by atomic mass is 79.9. The van der Waals surface area contributed by atoms with Crippen LogP contribution >= 0.6 is 27.3 Å². The van der Waals surface area contributed by atoms with E-state index in [0.717, 1.165) is 25.8 Å². The Hall–Kier alpha value is -0.640. The Morgan fingerprint density at radius 2 is 1.81 bits per heavy atom. The summed E-state index contributed by atoms with van der Waals surface area (Å²) in [7, 11) is 0. The molecule has 1 aromatic heterocycles. The Bertz CT molecular complexity index is 576. The van der Waals surface area contributed by atoms with Crippen LogP contribution in [0.5, 0.6) is 0 Å². The maximum Gasteiger partial charge on any atom is 0.0702 e. The third kappa shape index (κ3) is 4.18. The van der Waals surface area contributed by atoms with Crippen LogP contribution in [0.25, 0.3) is 0 Å². The normalized spacial score (nSPS) is 12.6. The lowest BCUT2D eigenvalue weighted by Gasteiger charge is -2.19. The largest absolute Gasteiger partial charge is 0.306 e. The second-order valence-electron chi connectivity index (χ2n) is 5.26. The van der Waals surface area contributed by atoms with E-state index in [1.165, 1.54) is 25.4 Å². The predicted molar refractivity (Wildman–Crippen MR) is 97.4 cm³/mol. The van der Waals surface area contributed by atoms with Gasteiger partial charge in [0.1, 0.15) is 0 Å². The van der Waals surface area contributed by atoms with Gasteiger partial charge in [-0.2, -0.15) is 0 Å². The number of hydrogen-bond acceptors (Lipinski definition) is 2. The zero-order chi connectivity index (χ0) is 15.2. The average Bonchev–Trinajstić information content (AvgIpc) is 2.93. The van der Waals surface area contributed by atoms with Crippen LogP contribution in [0.3, 0.4) is 0 Å². The van der Waals surface area contributed by atoms with Gasteiger partial charge in [0.15, 0.2) is 0 Å². The smallest absolute Gasteiger partial charge is 0.0702 e. The van der Waals surface area contributed by atoms with Crippen LogP contribution in [-0.4, -0.2) is 6.54 Å². The number of aryl methyl sites for hydroxylation is 2. The Morgan fingerprint density at radius 3 is 2.38 bits per heavy atom. The number of thiophene rings is 1. The topological polar surface area (TPSA) is 12.0 Å². The highest BCUT2D eigenvalue weighted by molar-refractivity contribution is 9.11. The van der Waals surface area contributed by atoms with Crippen LogP contribution in [0.2, 0.25) is 0 Å². The summed E-state index contributed by atoms with van der Waals surface area (Å²) in [5.74, 6) is 0. The maximum absolute atomic E-state index is 3.69. The van der Waals surface area contributed by atoms with Gasteiger partial charge in [-0.05, 0) is 70.6 Å². The first kappa shape index (κ1) is 16.7. The summed E-state index contributed by atoms with van der Waals surface area (Å²) < 4.78 is 1.20. The zero-order valence-corrected chi connectivity index (χ0v) is 15.5. The molecule has 1 nitrogen and oxygen atoms in total. The number of rotatable bonds is 7. The van der Waals surface area contributed by atoms with Crippen LogP contribution in [0, 0.1) is 0 Å². The fraction of sp³-hybridized carbons (Fsp3) is 0.444. The summed E-state index contributed by atoms with van der Waals surface area (Å²) in [6.45, 7) is 7.73. The van der Waals surface area contributed by atoms with E-state index in [2.05, 4.69) is 72.3 Å². The Balaban J connectivity index is 2.36. The predicted octanol–water partition coefficient (Wildman–Crippen LogP) is 5.72. The van der Waals surface area contributed by atoms with Crippen molar-refractivity contribution in [3.63, 3.8) is 0 Å². The van der Waals surface area contributed by atoms with Gasteiger partial charge in [0.2, 0.25) is 0 Å². The molecule has 2 rings (SSSR count). The van der Waals surface area contributed by atoms with Crippen molar-refractivity contribution in [3.05, 3.63) is 55.7 Å². The van der Waals surface area contributed by atoms with E-state index in [1.807, 2.05) is 11.3 Å². The average molecular weight is 366 g/mol. The first-order valence-corrected chi connectivity index (χ1v) is 9.40. The third-order valence-corrected chi connectivity index (χ3v) is 5.49. The molecule has 1 aromatic carbocycles. The molecule has 0 spiro atoms. The molecule has 1 atom stereocenters. The fourth-order valence-corrected chi connectivity index (χ4v) is 4.18. The maximum atomic E-state index is 3.69. The van der Waals surface area contributed by atoms with Crippen LogP contribution < -0.4 is 5.32 Å². The summed E-state index contributed by atoms with van der Waals surface area (Å²) in [5.41, 5.74) is 4.34. The van der Waals surface area contributed by atoms with Gasteiger partial charge in [0.05, 0.1) is 9.83 Å². The fourth-order valence-electron chi connectivity index (χ4n) is 2.65. The van der Waals surface area contributed by atoms with E-state index >= 15 is 0 Å². The number of halogens is 1. The SMILES string of the molecule is CCCNC(c1ccc(CC)c(CC)c1)c1ccc(Br)s1. The Labute approximate surface area is 140 Å². The van der Waals surface area contributed by atoms with Crippen molar-refractivity contribution < 1.29 is 0 Å². The van der Waals surface area contributed by atoms with Crippen molar-refractivity contribution in [2.75, 3.05) is 6.54 Å². The second kappa shape index (κ2) is 8.11. The van der Waals surface area contributed by atoms with Crippen LogP contribution in [-0.2, 0) is 12.8 Å². The van der Waals surface area contributed by atoms with Gasteiger partial charge in [-0.25, -0.2) is 0 Å². The van der Waals surface area contributed by atoms with Gasteiger partial charge in [0.25, 0.3) is 0 Å². The molecule has 0 fully saturated rings. The molecule has 0 aliphatic heterocycles. The minimum absolute atomic E-state index is 0.303. The van der Waals surface area contributed by atoms with Crippen LogP contribution in [0.15, 0.2) is 34.1 Å². The monoisotopic (exact) mass is 365 g/mol. The summed E-state index contributed by atoms with van der Waals surface area (Å²) in [5, 5.41) is 3.69. The van der Waals surface area contributed by atoms with E-state index in [-0.39, 0.29) is 0 Å². The summed E-state index contributed by atoms with van der Waals surface area (Å²) in [6, 6.07) is 11.6. The first-order chi connectivity index (χ1) is 10.2. The molecule has 0 saturated heterocycles. The molecule has 114 valence electrons. The Kier molecular flexibility index (Phi) is 6.46. The number of nitrogens with one attached hydrogen (secondary N) is 1. The summed E-state index contributed by atoms with van der Waals surface area (Å²) in [6.07, 6.45) is 3.36. The number of hydrogen-bond donors (Lipinski definition) is 1. The van der Waals surface area contributed by atoms with Crippen molar-refractivity contribution in [1.29, 1.82) is 0 Å². The quantitative estimate of drug-likeness (QED) is 0.660. The molecule has 0 aliphatic rings. The summed E-state index contributed by atoms with van der Waals surface area (Å²) >= 11 is 5.40. The third-order valence-electron chi connectivity index (χ3n) is 3.80. The molecule has 1 N–H and O–H groups in total. The lowest BCUT2D eigenvalue weighted by Crippen LogP contribution is -2.22. The molecule has 0 saturated carbocycles. The lowest BCUT2D eigenvalue weighted by molar-refractivity contribution is 0.605. The van der Waals surface area contributed by atoms with E-state index in [0.29, 0.717) is 6.04 Å². The molecule has 21 heavy (non-hydrogen) atoms. The van der Waals surface area contributed by atoms with Gasteiger partial charge in [-0.1, -0.05) is 39.0 Å². The molecule has 0 aliphatic carbocycles. The standard InChI is InChI=1S/C18H24BrNS/c1-4-11-20-18(16-9-10-17(19)21-16)15-8-7-13(5-2)14(6-3)12-15/h7-10,12,18,20H,4-6,11H2,1-3H3. The molecule has 0 bridgehead atoms. The molecule has 1 unspecified atom stereocenters. The Morgan fingerprint density at radius 1 is 1.05 bits per heavy atom. The zero-order valence-electron chi connectivity index (χ0n) is 13.1. The lowest BCUT2D eigenvalue weighted by atomic mass is 9.96. The highest BCUT2D eigenvalue weighted by Gasteiger charge is 2.16. The van der Waals surface area contributed by atoms with E-state index in [9.17, 15) is 0 Å². The van der Waals surface area contributed by atoms with Gasteiger partial charge in [-0.3, -0.25) is 0 Å². The van der Waals surface area contributed by atoms with Crippen molar-refractivity contribution in [1.82, 2.24) is 5.32 Å². The van der Waals surface area contributed by atoms with Gasteiger partial charge < -0.3 is 5.32 Å². The first-order valence-electron chi connectivity index (χ1n) is 7.79. The molecule has 2 aromatic rings. The van der Waals surface area contributed by atoms with Crippen molar-refractivity contribution in [2.45, 2.75) is 46.1 Å². The number of benzene rings is 1. The van der Waals surface area contributed by atoms with Crippen LogP contribution in [0.1, 0.15) is 54.8 Å². The second-order valence-corrected chi connectivity index (χ2v) is 7.76. The van der Waals surface area contributed by atoms with E-state index in [1.54, 1.807) is 0 Å². The van der Waals surface area contributed by atoms with Crippen molar-refractivity contribution >= 4 is 27.3 Å². The minimum Gasteiger partial charge on any atom is -0.306 e. The van der Waals surface area contributed by atoms with Crippen molar-refractivity contribution in [3.8, 4) is 0 Å². The van der Waals surface area contributed by atoms with Crippen LogP contribution in [0.4, 0.5) is 0 Å². The molecule has 3 heteroatoms. The molecule has 1 heterocycles. The van der Waals surface area contributed by atoms with Gasteiger partial charge in [0, 0.05) is 4.88 Å². The minimum atomic E-state index is 0.303. The summed E-state index contributed by atoms with van der Waals surface area (Å²) in [4.78, 5) is 1.38. The van der Waals surface area contributed by atoms with Crippen molar-refractivity contribution in [2.24, 2.45) is 0 Å². The van der Waals surface area contributed by atoms with E-state index < -0.39 is 0 Å².